The highest BCUT2D eigenvalue weighted by Crippen LogP contribution is 2.39. The molecule has 1 saturated heterocycles. The number of likely N-dealkylation sites (tertiary alicyclic amines) is 1. The van der Waals surface area contributed by atoms with Crippen LogP contribution in [-0.4, -0.2) is 61.8 Å². The maximum Gasteiger partial charge on any atom is 0.241 e. The summed E-state index contributed by atoms with van der Waals surface area (Å²) in [7, 11) is 1.73. The molecule has 1 aromatic heterocycles. The Labute approximate surface area is 290 Å². The highest BCUT2D eigenvalue weighted by atomic mass is 16.5. The standard InChI is InChI=1S/C41H61N3O4/c1-7-11-25-44(36-16-14-24-42-27-36)39(45)29-43-28-32(19-18-31(5)40(38(10-4)46-6)47-26-12-8-2)20-22-35(43)23-21-34-15-13-17-37-33(9-3)30-48-41(34)37/h13-18,24,27,32-33,35H,7-12,19-23,25-26,28-30H2,1-6H3/b31-18-,40-38-. The lowest BCUT2D eigenvalue weighted by Crippen LogP contribution is -2.49. The zero-order valence-corrected chi connectivity index (χ0v) is 30.6. The summed E-state index contributed by atoms with van der Waals surface area (Å²) in [6.07, 6.45) is 17.1. The van der Waals surface area contributed by atoms with Crippen molar-refractivity contribution >= 4 is 11.6 Å². The van der Waals surface area contributed by atoms with Gasteiger partial charge in [0.25, 0.3) is 0 Å². The minimum absolute atomic E-state index is 0.158. The number of unbranched alkanes of at least 4 members (excludes halogenated alkanes) is 2. The molecule has 3 heterocycles. The van der Waals surface area contributed by atoms with Crippen molar-refractivity contribution in [2.45, 2.75) is 117 Å². The number of hydrogen-bond donors (Lipinski definition) is 0. The predicted molar refractivity (Wildman–Crippen MR) is 196 cm³/mol. The van der Waals surface area contributed by atoms with Crippen molar-refractivity contribution in [3.8, 4) is 5.75 Å². The zero-order valence-electron chi connectivity index (χ0n) is 30.6. The molecular formula is C41H61N3O4. The van der Waals surface area contributed by atoms with Crippen LogP contribution >= 0.6 is 0 Å². The lowest BCUT2D eigenvalue weighted by molar-refractivity contribution is -0.121. The Balaban J connectivity index is 1.52. The largest absolute Gasteiger partial charge is 0.497 e. The third-order valence-electron chi connectivity index (χ3n) is 10.2. The van der Waals surface area contributed by atoms with Crippen LogP contribution in [0.5, 0.6) is 5.75 Å². The first kappa shape index (κ1) is 37.5. The number of anilines is 1. The fourth-order valence-electron chi connectivity index (χ4n) is 7.18. The third kappa shape index (κ3) is 10.1. The summed E-state index contributed by atoms with van der Waals surface area (Å²) < 4.78 is 18.2. The van der Waals surface area contributed by atoms with Crippen LogP contribution in [-0.2, 0) is 20.7 Å². The topological polar surface area (TPSA) is 64.1 Å². The van der Waals surface area contributed by atoms with Gasteiger partial charge in [-0.2, -0.15) is 0 Å². The Morgan fingerprint density at radius 3 is 2.65 bits per heavy atom. The number of aryl methyl sites for hydroxylation is 1. The Kier molecular flexibility index (Phi) is 15.3. The number of ether oxygens (including phenoxy) is 3. The number of carbonyl (C=O) groups is 1. The van der Waals surface area contributed by atoms with E-state index in [1.165, 1.54) is 11.1 Å². The first-order chi connectivity index (χ1) is 23.4. The van der Waals surface area contributed by atoms with Gasteiger partial charge in [0.2, 0.25) is 5.91 Å². The predicted octanol–water partition coefficient (Wildman–Crippen LogP) is 9.24. The molecule has 0 radical (unpaired) electrons. The summed E-state index contributed by atoms with van der Waals surface area (Å²) in [6.45, 7) is 14.4. The first-order valence-corrected chi connectivity index (χ1v) is 18.7. The molecule has 264 valence electrons. The van der Waals surface area contributed by atoms with Crippen LogP contribution < -0.4 is 9.64 Å². The number of methoxy groups -OCH3 is 1. The molecule has 0 N–H and O–H groups in total. The van der Waals surface area contributed by atoms with Gasteiger partial charge in [0.1, 0.15) is 11.5 Å². The van der Waals surface area contributed by atoms with Crippen LogP contribution in [0.15, 0.2) is 65.9 Å². The van der Waals surface area contributed by atoms with E-state index in [4.69, 9.17) is 14.2 Å². The molecule has 48 heavy (non-hydrogen) atoms. The average Bonchev–Trinajstić information content (AvgIpc) is 3.54. The normalized spacial score (nSPS) is 20.1. The van der Waals surface area contributed by atoms with E-state index in [1.54, 1.807) is 13.3 Å². The number of allylic oxidation sites excluding steroid dienone is 3. The molecule has 1 fully saturated rings. The molecule has 1 aromatic carbocycles. The fourth-order valence-corrected chi connectivity index (χ4v) is 7.18. The maximum absolute atomic E-state index is 14.1. The summed E-state index contributed by atoms with van der Waals surface area (Å²) >= 11 is 0. The number of para-hydroxylation sites is 1. The van der Waals surface area contributed by atoms with Crippen molar-refractivity contribution in [2.24, 2.45) is 5.92 Å². The number of fused-ring (bicyclic) bond motifs is 1. The number of piperidine rings is 1. The van der Waals surface area contributed by atoms with E-state index in [0.29, 0.717) is 37.6 Å². The van der Waals surface area contributed by atoms with Crippen LogP contribution in [0, 0.1) is 5.92 Å². The zero-order chi connectivity index (χ0) is 34.3. The number of nitrogens with zero attached hydrogens (tertiary/aromatic N) is 3. The molecule has 0 saturated carbocycles. The second-order valence-electron chi connectivity index (χ2n) is 13.6. The van der Waals surface area contributed by atoms with Gasteiger partial charge in [-0.3, -0.25) is 14.7 Å². The number of amides is 1. The van der Waals surface area contributed by atoms with Crippen molar-refractivity contribution in [3.05, 3.63) is 77.0 Å². The molecule has 3 atom stereocenters. The molecule has 0 bridgehead atoms. The number of hydrogen-bond acceptors (Lipinski definition) is 6. The van der Waals surface area contributed by atoms with Crippen LogP contribution in [0.3, 0.4) is 0 Å². The quantitative estimate of drug-likeness (QED) is 0.0851. The summed E-state index contributed by atoms with van der Waals surface area (Å²) in [4.78, 5) is 22.8. The number of pyridine rings is 1. The van der Waals surface area contributed by atoms with E-state index in [9.17, 15) is 4.79 Å². The minimum Gasteiger partial charge on any atom is -0.497 e. The fraction of sp³-hybridized carbons (Fsp3) is 0.610. The number of benzene rings is 1. The van der Waals surface area contributed by atoms with Gasteiger partial charge >= 0.3 is 0 Å². The lowest BCUT2D eigenvalue weighted by Gasteiger charge is -2.40. The molecule has 2 aliphatic rings. The third-order valence-corrected chi connectivity index (χ3v) is 10.2. The average molecular weight is 660 g/mol. The summed E-state index contributed by atoms with van der Waals surface area (Å²) in [5.41, 5.74) is 4.69. The lowest BCUT2D eigenvalue weighted by atomic mass is 9.86. The molecule has 7 heteroatoms. The van der Waals surface area contributed by atoms with Crippen molar-refractivity contribution < 1.29 is 19.0 Å². The van der Waals surface area contributed by atoms with Gasteiger partial charge in [0.05, 0.1) is 38.8 Å². The van der Waals surface area contributed by atoms with Crippen molar-refractivity contribution in [2.75, 3.05) is 44.9 Å². The van der Waals surface area contributed by atoms with Gasteiger partial charge in [0.15, 0.2) is 5.76 Å². The second kappa shape index (κ2) is 19.6. The molecule has 1 amide bonds. The van der Waals surface area contributed by atoms with Crippen molar-refractivity contribution in [1.29, 1.82) is 0 Å². The number of rotatable bonds is 19. The molecule has 4 rings (SSSR count). The Morgan fingerprint density at radius 2 is 1.94 bits per heavy atom. The van der Waals surface area contributed by atoms with Gasteiger partial charge < -0.3 is 19.1 Å². The van der Waals surface area contributed by atoms with E-state index < -0.39 is 0 Å². The van der Waals surface area contributed by atoms with Crippen LogP contribution in [0.4, 0.5) is 5.69 Å². The molecule has 7 nitrogen and oxygen atoms in total. The highest BCUT2D eigenvalue weighted by Gasteiger charge is 2.32. The SMILES string of the molecule is CCCCOC(/C(C)=C\CC1CCC(CCc2cccc3c2OCC3CC)N(CC(=O)N(CCCC)c2cccnc2)C1)=C(/CC)OC. The second-order valence-corrected chi connectivity index (χ2v) is 13.6. The minimum atomic E-state index is 0.158. The smallest absolute Gasteiger partial charge is 0.241 e. The van der Waals surface area contributed by atoms with E-state index in [0.717, 1.165) is 112 Å². The molecule has 2 aromatic rings. The van der Waals surface area contributed by atoms with Gasteiger partial charge in [-0.05, 0) is 87.5 Å². The summed E-state index contributed by atoms with van der Waals surface area (Å²) in [5, 5.41) is 0. The van der Waals surface area contributed by atoms with Crippen molar-refractivity contribution in [1.82, 2.24) is 9.88 Å². The molecular weight excluding hydrogens is 598 g/mol. The number of carbonyl (C=O) groups excluding carboxylic acids is 1. The van der Waals surface area contributed by atoms with Crippen LogP contribution in [0.2, 0.25) is 0 Å². The van der Waals surface area contributed by atoms with E-state index in [1.807, 2.05) is 23.2 Å². The first-order valence-electron chi connectivity index (χ1n) is 18.7. The Morgan fingerprint density at radius 1 is 1.10 bits per heavy atom. The van der Waals surface area contributed by atoms with E-state index in [2.05, 4.69) is 68.8 Å². The highest BCUT2D eigenvalue weighted by molar-refractivity contribution is 5.94. The van der Waals surface area contributed by atoms with Gasteiger partial charge in [-0.15, -0.1) is 0 Å². The van der Waals surface area contributed by atoms with Crippen LogP contribution in [0.1, 0.15) is 116 Å². The van der Waals surface area contributed by atoms with Gasteiger partial charge in [0, 0.05) is 43.2 Å². The monoisotopic (exact) mass is 659 g/mol. The van der Waals surface area contributed by atoms with Crippen molar-refractivity contribution in [3.63, 3.8) is 0 Å². The Hall–Kier alpha value is -3.32. The van der Waals surface area contributed by atoms with E-state index >= 15 is 0 Å². The maximum atomic E-state index is 14.1. The number of aromatic nitrogens is 1. The molecule has 0 spiro atoms. The summed E-state index contributed by atoms with van der Waals surface area (Å²) in [6, 6.07) is 10.9. The van der Waals surface area contributed by atoms with Crippen LogP contribution in [0.25, 0.3) is 0 Å². The molecule has 2 aliphatic heterocycles. The van der Waals surface area contributed by atoms with Gasteiger partial charge in [-0.1, -0.05) is 64.8 Å². The molecule has 0 aliphatic carbocycles. The van der Waals surface area contributed by atoms with Gasteiger partial charge in [-0.25, -0.2) is 0 Å². The Bertz CT molecular complexity index is 1330. The molecule has 3 unspecified atom stereocenters. The summed E-state index contributed by atoms with van der Waals surface area (Å²) in [5.74, 6) is 4.01. The van der Waals surface area contributed by atoms with E-state index in [-0.39, 0.29) is 5.91 Å².